The minimum absolute atomic E-state index is 0. The van der Waals surface area contributed by atoms with Crippen LogP contribution in [0.3, 0.4) is 0 Å². The third-order valence-corrected chi connectivity index (χ3v) is 3.34. The maximum atomic E-state index is 10.1. The average Bonchev–Trinajstić information content (AvgIpc) is 2.44. The Morgan fingerprint density at radius 1 is 0.955 bits per heavy atom. The largest absolute Gasteiger partial charge is 1.00 e. The molecular formula is C15H32NaO5S. The van der Waals surface area contributed by atoms with E-state index in [2.05, 4.69) is 18.0 Å². The molecule has 0 unspecified atom stereocenters. The number of hydrogen-bond acceptors (Lipinski definition) is 5. The number of aliphatic hydroxyl groups is 1. The van der Waals surface area contributed by atoms with Crippen molar-refractivity contribution in [2.24, 2.45) is 0 Å². The van der Waals surface area contributed by atoms with Crippen molar-refractivity contribution in [3.05, 3.63) is 6.92 Å². The van der Waals surface area contributed by atoms with Gasteiger partial charge in [-0.05, 0) is 12.8 Å². The van der Waals surface area contributed by atoms with E-state index in [1.165, 1.54) is 44.9 Å². The average molecular weight is 347 g/mol. The van der Waals surface area contributed by atoms with Gasteiger partial charge in [-0.25, -0.2) is 8.42 Å². The topological polar surface area (TPSA) is 86.7 Å². The summed E-state index contributed by atoms with van der Waals surface area (Å²) >= 11 is 0. The van der Waals surface area contributed by atoms with Gasteiger partial charge in [0.05, 0.1) is 6.61 Å². The van der Waals surface area contributed by atoms with Gasteiger partial charge in [-0.2, -0.15) is 0 Å². The quantitative estimate of drug-likeness (QED) is 0.228. The van der Waals surface area contributed by atoms with Gasteiger partial charge >= 0.3 is 29.6 Å². The van der Waals surface area contributed by atoms with Gasteiger partial charge in [0.1, 0.15) is 0 Å². The summed E-state index contributed by atoms with van der Waals surface area (Å²) in [6.45, 7) is 5.81. The predicted octanol–water partition coefficient (Wildman–Crippen LogP) is 0.591. The molecule has 1 radical (unpaired) electrons. The SMILES string of the molecule is CCCCCCCCCCCCOS(=O)(=O)[O-].[CH2]CCO.[Na+]. The first-order chi connectivity index (χ1) is 9.97. The van der Waals surface area contributed by atoms with Gasteiger partial charge < -0.3 is 9.66 Å². The van der Waals surface area contributed by atoms with Gasteiger partial charge in [-0.3, -0.25) is 4.18 Å². The molecule has 0 aliphatic carbocycles. The molecule has 0 aromatic rings. The van der Waals surface area contributed by atoms with Crippen LogP contribution < -0.4 is 29.6 Å². The summed E-state index contributed by atoms with van der Waals surface area (Å²) in [5.41, 5.74) is 0. The van der Waals surface area contributed by atoms with Crippen LogP contribution in [0.5, 0.6) is 0 Å². The Labute approximate surface area is 159 Å². The summed E-state index contributed by atoms with van der Waals surface area (Å²) in [5.74, 6) is 0. The fraction of sp³-hybridized carbons (Fsp3) is 0.933. The number of aliphatic hydroxyl groups excluding tert-OH is 1. The Balaban J connectivity index is -0.000000640. The van der Waals surface area contributed by atoms with E-state index in [-0.39, 0.29) is 42.8 Å². The molecule has 0 aromatic heterocycles. The summed E-state index contributed by atoms with van der Waals surface area (Å²) in [6, 6.07) is 0. The van der Waals surface area contributed by atoms with Gasteiger partial charge in [-0.15, -0.1) is 0 Å². The van der Waals surface area contributed by atoms with E-state index in [1.54, 1.807) is 0 Å². The molecule has 129 valence electrons. The molecule has 0 saturated heterocycles. The van der Waals surface area contributed by atoms with Crippen molar-refractivity contribution in [3.63, 3.8) is 0 Å². The molecule has 7 heteroatoms. The Bertz CT molecular complexity index is 282. The zero-order valence-corrected chi connectivity index (χ0v) is 17.2. The van der Waals surface area contributed by atoms with E-state index in [0.717, 1.165) is 12.8 Å². The first kappa shape index (κ1) is 27.7. The van der Waals surface area contributed by atoms with Crippen LogP contribution in [-0.2, 0) is 14.6 Å². The second kappa shape index (κ2) is 21.8. The maximum absolute atomic E-state index is 10.1. The summed E-state index contributed by atoms with van der Waals surface area (Å²) in [4.78, 5) is 0. The van der Waals surface area contributed by atoms with Gasteiger partial charge in [-0.1, -0.05) is 71.6 Å². The zero-order valence-electron chi connectivity index (χ0n) is 14.4. The zero-order chi connectivity index (χ0) is 16.4. The maximum Gasteiger partial charge on any atom is 1.00 e. The Kier molecular flexibility index (Phi) is 27.5. The standard InChI is InChI=1S/C12H26O4S.C3H7O.Na/c1-2-3-4-5-6-7-8-9-10-11-12-16-17(13,14)15;1-2-3-4;/h2-12H2,1H3,(H,13,14,15);4H,1-3H2;/q;;+1/p-1. The summed E-state index contributed by atoms with van der Waals surface area (Å²) in [5, 5.41) is 7.81. The molecule has 0 fully saturated rings. The minimum atomic E-state index is -4.48. The molecular weight excluding hydrogens is 315 g/mol. The molecule has 0 atom stereocenters. The molecule has 5 nitrogen and oxygen atoms in total. The fourth-order valence-corrected chi connectivity index (χ4v) is 2.07. The van der Waals surface area contributed by atoms with Crippen molar-refractivity contribution in [1.29, 1.82) is 0 Å². The third kappa shape index (κ3) is 32.7. The summed E-state index contributed by atoms with van der Waals surface area (Å²) in [7, 11) is -4.48. The first-order valence-corrected chi connectivity index (χ1v) is 9.31. The van der Waals surface area contributed by atoms with Crippen LogP contribution in [0.4, 0.5) is 0 Å². The van der Waals surface area contributed by atoms with Gasteiger partial charge in [0.25, 0.3) is 0 Å². The van der Waals surface area contributed by atoms with Crippen LogP contribution >= 0.6 is 0 Å². The van der Waals surface area contributed by atoms with Crippen molar-refractivity contribution in [1.82, 2.24) is 0 Å². The van der Waals surface area contributed by atoms with Crippen LogP contribution in [0, 0.1) is 6.92 Å². The molecule has 1 N–H and O–H groups in total. The molecule has 0 aromatic carbocycles. The normalized spacial score (nSPS) is 10.5. The second-order valence-corrected chi connectivity index (χ2v) is 6.04. The molecule has 0 saturated carbocycles. The number of hydrogen-bond donors (Lipinski definition) is 1. The Morgan fingerprint density at radius 3 is 1.64 bits per heavy atom. The van der Waals surface area contributed by atoms with Crippen LogP contribution in [0.25, 0.3) is 0 Å². The smallest absolute Gasteiger partial charge is 0.726 e. The van der Waals surface area contributed by atoms with E-state index in [0.29, 0.717) is 12.8 Å². The van der Waals surface area contributed by atoms with E-state index < -0.39 is 10.4 Å². The van der Waals surface area contributed by atoms with Crippen molar-refractivity contribution in [2.75, 3.05) is 13.2 Å². The van der Waals surface area contributed by atoms with Gasteiger partial charge in [0.15, 0.2) is 0 Å². The first-order valence-electron chi connectivity index (χ1n) is 7.98. The van der Waals surface area contributed by atoms with E-state index in [4.69, 9.17) is 5.11 Å². The minimum Gasteiger partial charge on any atom is -0.726 e. The van der Waals surface area contributed by atoms with Crippen LogP contribution in [0.2, 0.25) is 0 Å². The second-order valence-electron chi connectivity index (χ2n) is 4.99. The summed E-state index contributed by atoms with van der Waals surface area (Å²) in [6.07, 6.45) is 12.3. The van der Waals surface area contributed by atoms with Gasteiger partial charge in [0, 0.05) is 6.61 Å². The molecule has 0 bridgehead atoms. The van der Waals surface area contributed by atoms with E-state index >= 15 is 0 Å². The van der Waals surface area contributed by atoms with Crippen molar-refractivity contribution < 1.29 is 51.8 Å². The molecule has 0 spiro atoms. The Morgan fingerprint density at radius 2 is 1.32 bits per heavy atom. The number of rotatable bonds is 13. The fourth-order valence-electron chi connectivity index (χ4n) is 1.75. The van der Waals surface area contributed by atoms with Crippen LogP contribution in [0.15, 0.2) is 0 Å². The predicted molar refractivity (Wildman–Crippen MR) is 84.6 cm³/mol. The van der Waals surface area contributed by atoms with Crippen LogP contribution in [-0.4, -0.2) is 31.3 Å². The van der Waals surface area contributed by atoms with Crippen molar-refractivity contribution >= 4 is 10.4 Å². The Hall–Kier alpha value is 0.830. The van der Waals surface area contributed by atoms with Crippen molar-refractivity contribution in [3.8, 4) is 0 Å². The molecule has 0 aliphatic heterocycles. The third-order valence-electron chi connectivity index (χ3n) is 2.88. The van der Waals surface area contributed by atoms with Crippen molar-refractivity contribution in [2.45, 2.75) is 77.6 Å². The monoisotopic (exact) mass is 347 g/mol. The molecule has 0 heterocycles. The number of unbranched alkanes of at least 4 members (excludes halogenated alkanes) is 9. The van der Waals surface area contributed by atoms with Crippen LogP contribution in [0.1, 0.15) is 77.6 Å². The molecule has 0 amide bonds. The van der Waals surface area contributed by atoms with E-state index in [1.807, 2.05) is 0 Å². The van der Waals surface area contributed by atoms with Gasteiger partial charge in [0.2, 0.25) is 10.4 Å². The molecule has 0 rings (SSSR count). The molecule has 0 aliphatic rings. The van der Waals surface area contributed by atoms with E-state index in [9.17, 15) is 13.0 Å². The molecule has 22 heavy (non-hydrogen) atoms. The summed E-state index contributed by atoms with van der Waals surface area (Å²) < 4.78 is 34.5.